The Labute approximate surface area is 107 Å². The highest BCUT2D eigenvalue weighted by molar-refractivity contribution is 7.89. The maximum Gasteiger partial charge on any atom is 0.245 e. The lowest BCUT2D eigenvalue weighted by atomic mass is 10.4. The van der Waals surface area contributed by atoms with Crippen LogP contribution in [0.25, 0.3) is 0 Å². The van der Waals surface area contributed by atoms with E-state index in [1.807, 2.05) is 0 Å². The molecule has 1 aromatic heterocycles. The second-order valence-corrected chi connectivity index (χ2v) is 5.87. The van der Waals surface area contributed by atoms with Crippen molar-refractivity contribution < 1.29 is 13.2 Å². The third-order valence-electron chi connectivity index (χ3n) is 2.48. The molecule has 0 fully saturated rings. The Morgan fingerprint density at radius 3 is 2.44 bits per heavy atom. The maximum absolute atomic E-state index is 12.2. The van der Waals surface area contributed by atoms with Crippen molar-refractivity contribution in [2.75, 3.05) is 33.1 Å². The highest BCUT2D eigenvalue weighted by atomic mass is 32.2. The van der Waals surface area contributed by atoms with Crippen molar-refractivity contribution in [3.05, 3.63) is 12.4 Å². The summed E-state index contributed by atoms with van der Waals surface area (Å²) in [6, 6.07) is 0. The van der Waals surface area contributed by atoms with E-state index in [2.05, 4.69) is 15.3 Å². The lowest BCUT2D eigenvalue weighted by Crippen LogP contribution is -2.34. The van der Waals surface area contributed by atoms with Crippen LogP contribution in [0.2, 0.25) is 0 Å². The Kier molecular flexibility index (Phi) is 5.00. The van der Waals surface area contributed by atoms with Crippen LogP contribution in [0.15, 0.2) is 17.3 Å². The number of nitrogens with zero attached hydrogens (tertiary/aromatic N) is 3. The molecule has 0 saturated heterocycles. The average molecular weight is 274 g/mol. The SMILES string of the molecule is CNc1ncc(S(=O)(=O)N(C)CC(C)OC)cn1. The van der Waals surface area contributed by atoms with E-state index >= 15 is 0 Å². The van der Waals surface area contributed by atoms with Gasteiger partial charge in [-0.3, -0.25) is 0 Å². The van der Waals surface area contributed by atoms with Crippen molar-refractivity contribution in [2.45, 2.75) is 17.9 Å². The second kappa shape index (κ2) is 6.07. The molecule has 0 saturated carbocycles. The summed E-state index contributed by atoms with van der Waals surface area (Å²) in [6.07, 6.45) is 2.38. The van der Waals surface area contributed by atoms with Crippen molar-refractivity contribution in [3.63, 3.8) is 0 Å². The number of anilines is 1. The minimum atomic E-state index is -3.57. The van der Waals surface area contributed by atoms with Crippen LogP contribution in [-0.2, 0) is 14.8 Å². The van der Waals surface area contributed by atoms with Gasteiger partial charge in [0.2, 0.25) is 16.0 Å². The van der Waals surface area contributed by atoms with Crippen LogP contribution in [-0.4, -0.2) is 56.5 Å². The van der Waals surface area contributed by atoms with E-state index in [1.165, 1.54) is 30.9 Å². The van der Waals surface area contributed by atoms with Crippen LogP contribution < -0.4 is 5.32 Å². The number of rotatable bonds is 6. The lowest BCUT2D eigenvalue weighted by molar-refractivity contribution is 0.104. The van der Waals surface area contributed by atoms with Gasteiger partial charge in [0.25, 0.3) is 0 Å². The maximum atomic E-state index is 12.2. The number of hydrogen-bond acceptors (Lipinski definition) is 6. The third kappa shape index (κ3) is 3.37. The minimum Gasteiger partial charge on any atom is -0.380 e. The monoisotopic (exact) mass is 274 g/mol. The van der Waals surface area contributed by atoms with Gasteiger partial charge in [-0.1, -0.05) is 0 Å². The number of methoxy groups -OCH3 is 1. The van der Waals surface area contributed by atoms with Crippen LogP contribution >= 0.6 is 0 Å². The first-order valence-corrected chi connectivity index (χ1v) is 6.84. The van der Waals surface area contributed by atoms with E-state index in [0.29, 0.717) is 5.95 Å². The van der Waals surface area contributed by atoms with E-state index in [9.17, 15) is 8.42 Å². The summed E-state index contributed by atoms with van der Waals surface area (Å²) >= 11 is 0. The van der Waals surface area contributed by atoms with Crippen LogP contribution in [0.4, 0.5) is 5.95 Å². The quantitative estimate of drug-likeness (QED) is 0.796. The number of ether oxygens (including phenoxy) is 1. The third-order valence-corrected chi connectivity index (χ3v) is 4.25. The zero-order valence-electron chi connectivity index (χ0n) is 10.9. The Hall–Kier alpha value is -1.25. The summed E-state index contributed by atoms with van der Waals surface area (Å²) in [5, 5.41) is 2.73. The van der Waals surface area contributed by atoms with Gasteiger partial charge in [0.1, 0.15) is 4.90 Å². The molecule has 1 aromatic rings. The van der Waals surface area contributed by atoms with Crippen LogP contribution in [0.3, 0.4) is 0 Å². The summed E-state index contributed by atoms with van der Waals surface area (Å²) in [5.41, 5.74) is 0. The first-order chi connectivity index (χ1) is 8.41. The fraction of sp³-hybridized carbons (Fsp3) is 0.600. The van der Waals surface area contributed by atoms with Gasteiger partial charge >= 0.3 is 0 Å². The molecule has 0 aromatic carbocycles. The highest BCUT2D eigenvalue weighted by Gasteiger charge is 2.23. The van der Waals surface area contributed by atoms with Crippen LogP contribution in [0, 0.1) is 0 Å². The molecule has 0 radical (unpaired) electrons. The fourth-order valence-corrected chi connectivity index (χ4v) is 2.43. The van der Waals surface area contributed by atoms with Gasteiger partial charge in [-0.05, 0) is 6.92 Å². The molecule has 18 heavy (non-hydrogen) atoms. The van der Waals surface area contributed by atoms with E-state index in [4.69, 9.17) is 4.74 Å². The smallest absolute Gasteiger partial charge is 0.245 e. The van der Waals surface area contributed by atoms with Gasteiger partial charge in [-0.15, -0.1) is 0 Å². The zero-order valence-corrected chi connectivity index (χ0v) is 11.7. The Morgan fingerprint density at radius 2 is 2.00 bits per heavy atom. The molecule has 1 N–H and O–H groups in total. The standard InChI is InChI=1S/C10H18N4O3S/c1-8(17-4)7-14(3)18(15,16)9-5-12-10(11-2)13-6-9/h5-6,8H,7H2,1-4H3,(H,11,12,13). The van der Waals surface area contributed by atoms with Gasteiger partial charge in [-0.25, -0.2) is 18.4 Å². The predicted octanol–water partition coefficient (Wildman–Crippen LogP) is 0.174. The molecule has 1 atom stereocenters. The summed E-state index contributed by atoms with van der Waals surface area (Å²) in [7, 11) is 1.13. The molecule has 1 rings (SSSR count). The molecule has 1 heterocycles. The molecule has 8 heteroatoms. The summed E-state index contributed by atoms with van der Waals surface area (Å²) in [5.74, 6) is 0.377. The molecule has 102 valence electrons. The van der Waals surface area contributed by atoms with Crippen LogP contribution in [0.5, 0.6) is 0 Å². The Bertz CT molecular complexity index is 474. The molecular weight excluding hydrogens is 256 g/mol. The minimum absolute atomic E-state index is 0.0623. The predicted molar refractivity (Wildman–Crippen MR) is 67.9 cm³/mol. The van der Waals surface area contributed by atoms with E-state index in [1.54, 1.807) is 14.0 Å². The van der Waals surface area contributed by atoms with Crippen molar-refractivity contribution in [1.29, 1.82) is 0 Å². The van der Waals surface area contributed by atoms with Gasteiger partial charge in [0, 0.05) is 27.7 Å². The lowest BCUT2D eigenvalue weighted by Gasteiger charge is -2.20. The summed E-state index contributed by atoms with van der Waals surface area (Å²) in [6.45, 7) is 2.07. The number of aromatic nitrogens is 2. The summed E-state index contributed by atoms with van der Waals surface area (Å²) in [4.78, 5) is 7.83. The van der Waals surface area contributed by atoms with Gasteiger partial charge < -0.3 is 10.1 Å². The van der Waals surface area contributed by atoms with Gasteiger partial charge in [0.05, 0.1) is 18.5 Å². The topological polar surface area (TPSA) is 84.4 Å². The van der Waals surface area contributed by atoms with E-state index in [-0.39, 0.29) is 17.5 Å². The molecule has 1 unspecified atom stereocenters. The number of hydrogen-bond donors (Lipinski definition) is 1. The Balaban J connectivity index is 2.90. The average Bonchev–Trinajstić information content (AvgIpc) is 2.38. The Morgan fingerprint density at radius 1 is 1.44 bits per heavy atom. The molecule has 0 aliphatic heterocycles. The largest absolute Gasteiger partial charge is 0.380 e. The van der Waals surface area contributed by atoms with Crippen molar-refractivity contribution in [3.8, 4) is 0 Å². The molecule has 0 aliphatic carbocycles. The first-order valence-electron chi connectivity index (χ1n) is 5.40. The number of sulfonamides is 1. The van der Waals surface area contributed by atoms with Crippen LogP contribution in [0.1, 0.15) is 6.92 Å². The van der Waals surface area contributed by atoms with Gasteiger partial charge in [0.15, 0.2) is 0 Å². The zero-order chi connectivity index (χ0) is 13.8. The molecule has 0 spiro atoms. The number of likely N-dealkylation sites (N-methyl/N-ethyl adjacent to an activating group) is 1. The first kappa shape index (κ1) is 14.8. The molecule has 0 bridgehead atoms. The molecule has 7 nitrogen and oxygen atoms in total. The van der Waals surface area contributed by atoms with Crippen molar-refractivity contribution >= 4 is 16.0 Å². The van der Waals surface area contributed by atoms with Crippen molar-refractivity contribution in [2.24, 2.45) is 0 Å². The highest BCUT2D eigenvalue weighted by Crippen LogP contribution is 2.13. The molecule has 0 amide bonds. The normalized spacial score (nSPS) is 13.6. The summed E-state index contributed by atoms with van der Waals surface area (Å²) < 4.78 is 30.6. The fourth-order valence-electron chi connectivity index (χ4n) is 1.29. The van der Waals surface area contributed by atoms with E-state index in [0.717, 1.165) is 0 Å². The second-order valence-electron chi connectivity index (χ2n) is 3.82. The number of nitrogens with one attached hydrogen (secondary N) is 1. The van der Waals surface area contributed by atoms with Crippen molar-refractivity contribution in [1.82, 2.24) is 14.3 Å². The van der Waals surface area contributed by atoms with E-state index < -0.39 is 10.0 Å². The molecule has 0 aliphatic rings. The van der Waals surface area contributed by atoms with Gasteiger partial charge in [-0.2, -0.15) is 4.31 Å². The molecular formula is C10H18N4O3S.